The molecule has 0 saturated heterocycles. The molecule has 4 heteroatoms. The smallest absolute Gasteiger partial charge is 0.158 e. The fraction of sp³-hybridized carbons (Fsp3) is 0.938. The van der Waals surface area contributed by atoms with Gasteiger partial charge in [0.25, 0.3) is 0 Å². The molecule has 0 aromatic heterocycles. The van der Waals surface area contributed by atoms with Gasteiger partial charge in [-0.3, -0.25) is 4.57 Å². The van der Waals surface area contributed by atoms with Gasteiger partial charge in [0.1, 0.15) is 0 Å². The first-order valence-electron chi connectivity index (χ1n) is 8.49. The van der Waals surface area contributed by atoms with E-state index in [9.17, 15) is 9.13 Å². The summed E-state index contributed by atoms with van der Waals surface area (Å²) in [6, 6.07) is 0. The Hall–Kier alpha value is 0.330. The van der Waals surface area contributed by atoms with E-state index < -0.39 is 7.80 Å². The monoisotopic (exact) mass is 315 g/mol. The molecule has 0 heterocycles. The molecule has 2 fully saturated rings. The molecule has 0 aromatic rings. The second-order valence-corrected chi connectivity index (χ2v) is 9.95. The van der Waals surface area contributed by atoms with Crippen molar-refractivity contribution in [2.24, 2.45) is 0 Å². The minimum Gasteiger partial charge on any atom is -0.326 e. The van der Waals surface area contributed by atoms with Crippen LogP contribution in [-0.2, 0) is 9.13 Å². The fourth-order valence-corrected chi connectivity index (χ4v) is 6.89. The zero-order valence-corrected chi connectivity index (χ0v) is 14.5. The third-order valence-electron chi connectivity index (χ3n) is 5.06. The fourth-order valence-electron chi connectivity index (χ4n) is 3.77. The molecule has 0 bridgehead atoms. The lowest BCUT2D eigenvalue weighted by molar-refractivity contribution is 0.477. The largest absolute Gasteiger partial charge is 0.326 e. The lowest BCUT2D eigenvalue weighted by atomic mass is 10.00. The summed E-state index contributed by atoms with van der Waals surface area (Å²) in [4.78, 5) is 0. The van der Waals surface area contributed by atoms with Crippen LogP contribution in [0.5, 0.6) is 0 Å². The van der Waals surface area contributed by atoms with Crippen LogP contribution < -0.4 is 0 Å². The highest BCUT2D eigenvalue weighted by Gasteiger charge is 2.27. The number of hydrogen-bond acceptors (Lipinski definition) is 2. The first-order valence-corrected chi connectivity index (χ1v) is 10.9. The summed E-state index contributed by atoms with van der Waals surface area (Å²) in [5.74, 6) is 0. The van der Waals surface area contributed by atoms with E-state index in [2.05, 4.69) is 6.42 Å². The van der Waals surface area contributed by atoms with E-state index in [0.29, 0.717) is 25.4 Å². The molecule has 20 heavy (non-hydrogen) atoms. The Morgan fingerprint density at radius 2 is 1.40 bits per heavy atom. The molecule has 0 amide bonds. The van der Waals surface area contributed by atoms with Crippen LogP contribution in [0, 0.1) is 6.42 Å². The molecule has 1 radical (unpaired) electrons. The molecule has 3 unspecified atom stereocenters. The van der Waals surface area contributed by atoms with Crippen molar-refractivity contribution in [1.82, 2.24) is 0 Å². The van der Waals surface area contributed by atoms with E-state index in [1.165, 1.54) is 51.4 Å². The van der Waals surface area contributed by atoms with Crippen molar-refractivity contribution in [2.75, 3.05) is 0 Å². The summed E-state index contributed by atoms with van der Waals surface area (Å²) < 4.78 is 24.1. The van der Waals surface area contributed by atoms with Gasteiger partial charge in [0.05, 0.1) is 7.80 Å². The molecule has 0 N–H and O–H groups in total. The zero-order valence-electron chi connectivity index (χ0n) is 12.6. The van der Waals surface area contributed by atoms with Crippen LogP contribution in [0.25, 0.3) is 0 Å². The minimum absolute atomic E-state index is 0.311. The van der Waals surface area contributed by atoms with Crippen molar-refractivity contribution < 1.29 is 9.13 Å². The van der Waals surface area contributed by atoms with Gasteiger partial charge in [0.2, 0.25) is 0 Å². The minimum atomic E-state index is -1.47. The van der Waals surface area contributed by atoms with Crippen LogP contribution in [-0.4, -0.2) is 17.0 Å². The Balaban J connectivity index is 1.89. The van der Waals surface area contributed by atoms with Crippen LogP contribution in [0.15, 0.2) is 0 Å². The van der Waals surface area contributed by atoms with Gasteiger partial charge in [-0.15, -0.1) is 0 Å². The first-order chi connectivity index (χ1) is 9.81. The molecule has 2 saturated carbocycles. The number of hydrogen-bond donors (Lipinski definition) is 0. The first kappa shape index (κ1) is 16.7. The average molecular weight is 315 g/mol. The molecule has 0 aromatic carbocycles. The summed E-state index contributed by atoms with van der Waals surface area (Å²) >= 11 is 0. The van der Waals surface area contributed by atoms with Crippen LogP contribution in [0.4, 0.5) is 0 Å². The Morgan fingerprint density at radius 3 is 2.10 bits per heavy atom. The lowest BCUT2D eigenvalue weighted by Gasteiger charge is -2.27. The van der Waals surface area contributed by atoms with Crippen LogP contribution >= 0.6 is 16.3 Å². The topological polar surface area (TPSA) is 34.1 Å². The van der Waals surface area contributed by atoms with Gasteiger partial charge in [0.15, 0.2) is 8.46 Å². The highest BCUT2D eigenvalue weighted by molar-refractivity contribution is 7.46. The zero-order chi connectivity index (χ0) is 14.2. The van der Waals surface area contributed by atoms with Crippen molar-refractivity contribution in [3.63, 3.8) is 0 Å². The van der Waals surface area contributed by atoms with Crippen molar-refractivity contribution in [3.8, 4) is 0 Å². The predicted octanol–water partition coefficient (Wildman–Crippen LogP) is 5.86. The van der Waals surface area contributed by atoms with E-state index in [1.54, 1.807) is 0 Å². The second-order valence-electron chi connectivity index (χ2n) is 6.57. The van der Waals surface area contributed by atoms with Gasteiger partial charge in [-0.05, 0) is 44.9 Å². The Kier molecular flexibility index (Phi) is 7.82. The normalized spacial score (nSPS) is 32.8. The lowest BCUT2D eigenvalue weighted by Crippen LogP contribution is -2.16. The van der Waals surface area contributed by atoms with Crippen molar-refractivity contribution in [3.05, 3.63) is 6.42 Å². The van der Waals surface area contributed by atoms with Gasteiger partial charge < -0.3 is 4.57 Å². The molecule has 115 valence electrons. The van der Waals surface area contributed by atoms with Gasteiger partial charge in [0, 0.05) is 17.0 Å². The quantitative estimate of drug-likeness (QED) is 0.612. The predicted molar refractivity (Wildman–Crippen MR) is 87.7 cm³/mol. The molecule has 2 aliphatic rings. The molecular formula is C16H29O2P2. The second kappa shape index (κ2) is 9.37. The molecule has 2 nitrogen and oxygen atoms in total. The van der Waals surface area contributed by atoms with E-state index in [0.717, 1.165) is 25.7 Å². The van der Waals surface area contributed by atoms with E-state index in [-0.39, 0.29) is 0 Å². The summed E-state index contributed by atoms with van der Waals surface area (Å²) in [7, 11) is -1.16. The van der Waals surface area contributed by atoms with Crippen molar-refractivity contribution in [2.45, 2.75) is 94.0 Å². The third kappa shape index (κ3) is 5.27. The van der Waals surface area contributed by atoms with Crippen LogP contribution in [0.2, 0.25) is 0 Å². The molecule has 3 atom stereocenters. The van der Waals surface area contributed by atoms with E-state index in [1.807, 2.05) is 0 Å². The summed E-state index contributed by atoms with van der Waals surface area (Å²) in [5.41, 5.74) is 1.28. The van der Waals surface area contributed by atoms with Crippen molar-refractivity contribution >= 4 is 16.3 Å². The molecule has 2 aliphatic carbocycles. The maximum Gasteiger partial charge on any atom is 0.158 e. The standard InChI is InChI=1S/C16H29O2P2/c17-19-14-8-6-7-11-16(13-12-14)20(18)15-9-4-2-1-3-5-10-15/h1,14-16,20H,2-13H2. The average Bonchev–Trinajstić information content (AvgIpc) is 2.38. The van der Waals surface area contributed by atoms with Gasteiger partial charge in [-0.2, -0.15) is 0 Å². The Bertz CT molecular complexity index is 312. The molecule has 2 rings (SSSR count). The maximum atomic E-state index is 13.0. The van der Waals surface area contributed by atoms with Crippen LogP contribution in [0.3, 0.4) is 0 Å². The molecular weight excluding hydrogens is 286 g/mol. The number of rotatable bonds is 3. The highest BCUT2D eigenvalue weighted by Crippen LogP contribution is 2.46. The van der Waals surface area contributed by atoms with Gasteiger partial charge in [-0.25, -0.2) is 0 Å². The Labute approximate surface area is 126 Å². The summed E-state index contributed by atoms with van der Waals surface area (Å²) in [5, 5.41) is 0. The summed E-state index contributed by atoms with van der Waals surface area (Å²) in [6.07, 6.45) is 16.3. The van der Waals surface area contributed by atoms with Gasteiger partial charge in [-0.1, -0.05) is 38.5 Å². The van der Waals surface area contributed by atoms with Crippen molar-refractivity contribution in [1.29, 1.82) is 0 Å². The Morgan fingerprint density at radius 1 is 0.800 bits per heavy atom. The SMILES string of the molecule is O=PC1CCCCC([PH](=O)C2CCC[CH]CCC2)CC1. The highest BCUT2D eigenvalue weighted by atomic mass is 31.1. The molecule has 0 aliphatic heterocycles. The maximum absolute atomic E-state index is 13.0. The van der Waals surface area contributed by atoms with E-state index >= 15 is 0 Å². The third-order valence-corrected chi connectivity index (χ3v) is 8.64. The van der Waals surface area contributed by atoms with Crippen LogP contribution in [0.1, 0.15) is 77.0 Å². The molecule has 0 spiro atoms. The van der Waals surface area contributed by atoms with Gasteiger partial charge >= 0.3 is 0 Å². The summed E-state index contributed by atoms with van der Waals surface area (Å²) in [6.45, 7) is 0. The van der Waals surface area contributed by atoms with E-state index in [4.69, 9.17) is 0 Å².